The van der Waals surface area contributed by atoms with Crippen molar-refractivity contribution >= 4 is 16.6 Å². The Morgan fingerprint density at radius 1 is 1.08 bits per heavy atom. The van der Waals surface area contributed by atoms with Gasteiger partial charge in [-0.3, -0.25) is 15.1 Å². The molecule has 6 nitrogen and oxygen atoms in total. The molecule has 0 saturated carbocycles. The number of methoxy groups -OCH3 is 1. The number of nitrogens with zero attached hydrogens (tertiary/aromatic N) is 2. The van der Waals surface area contributed by atoms with Gasteiger partial charge >= 0.3 is 0 Å². The van der Waals surface area contributed by atoms with Gasteiger partial charge < -0.3 is 9.47 Å². The second-order valence-corrected chi connectivity index (χ2v) is 5.12. The molecule has 0 aliphatic rings. The van der Waals surface area contributed by atoms with Gasteiger partial charge in [-0.25, -0.2) is 4.39 Å². The molecule has 26 heavy (non-hydrogen) atoms. The fourth-order valence-corrected chi connectivity index (χ4v) is 2.37. The zero-order valence-corrected chi connectivity index (χ0v) is 14.9. The van der Waals surface area contributed by atoms with E-state index < -0.39 is 10.7 Å². The molecule has 7 heteroatoms. The highest BCUT2D eigenvalue weighted by Gasteiger charge is 2.14. The molecule has 0 atom stereocenters. The van der Waals surface area contributed by atoms with Gasteiger partial charge in [0, 0.05) is 17.6 Å². The third-order valence-electron chi connectivity index (χ3n) is 3.56. The standard InChI is InChI=1S/C17H13FN2O4.C2H6/c1-10-7-14-12(9-17(10)23-2)15(5-6-19-14)24-16-4-3-11(20(21)22)8-13(16)18;1-2/h3-9H,1-2H3;1-2H3. The number of benzene rings is 2. The maximum Gasteiger partial charge on any atom is 0.272 e. The van der Waals surface area contributed by atoms with Gasteiger partial charge in [-0.15, -0.1) is 0 Å². The van der Waals surface area contributed by atoms with E-state index in [2.05, 4.69) is 4.98 Å². The molecule has 3 rings (SSSR count). The summed E-state index contributed by atoms with van der Waals surface area (Å²) in [6.45, 7) is 5.89. The van der Waals surface area contributed by atoms with Crippen molar-refractivity contribution in [3.8, 4) is 17.2 Å². The van der Waals surface area contributed by atoms with Crippen LogP contribution in [0.25, 0.3) is 10.9 Å². The SMILES string of the molecule is CC.COc1cc2c(Oc3ccc([N+](=O)[O-])cc3F)ccnc2cc1C. The maximum atomic E-state index is 14.0. The van der Waals surface area contributed by atoms with Crippen molar-refractivity contribution < 1.29 is 18.8 Å². The molecule has 136 valence electrons. The zero-order chi connectivity index (χ0) is 19.3. The van der Waals surface area contributed by atoms with E-state index in [9.17, 15) is 14.5 Å². The van der Waals surface area contributed by atoms with Crippen molar-refractivity contribution in [3.05, 3.63) is 64.1 Å². The number of hydrogen-bond donors (Lipinski definition) is 0. The summed E-state index contributed by atoms with van der Waals surface area (Å²) < 4.78 is 24.9. The number of nitro groups is 1. The average molecular weight is 358 g/mol. The number of aromatic nitrogens is 1. The molecule has 0 aliphatic carbocycles. The van der Waals surface area contributed by atoms with Crippen LogP contribution < -0.4 is 9.47 Å². The van der Waals surface area contributed by atoms with Gasteiger partial charge in [0.05, 0.1) is 23.6 Å². The molecule has 3 aromatic rings. The highest BCUT2D eigenvalue weighted by atomic mass is 19.1. The van der Waals surface area contributed by atoms with E-state index in [1.807, 2.05) is 26.8 Å². The van der Waals surface area contributed by atoms with Crippen LogP contribution in [0, 0.1) is 22.9 Å². The van der Waals surface area contributed by atoms with Crippen LogP contribution in [0.4, 0.5) is 10.1 Å². The highest BCUT2D eigenvalue weighted by molar-refractivity contribution is 5.87. The number of non-ortho nitro benzene ring substituents is 1. The van der Waals surface area contributed by atoms with Crippen LogP contribution in [0.15, 0.2) is 42.6 Å². The Kier molecular flexibility index (Phi) is 6.06. The molecule has 0 unspecified atom stereocenters. The first kappa shape index (κ1) is 19.1. The molecule has 2 aromatic carbocycles. The molecule has 1 heterocycles. The van der Waals surface area contributed by atoms with E-state index in [1.54, 1.807) is 25.4 Å². The minimum absolute atomic E-state index is 0.104. The lowest BCUT2D eigenvalue weighted by atomic mass is 10.1. The fraction of sp³-hybridized carbons (Fsp3) is 0.211. The van der Waals surface area contributed by atoms with E-state index >= 15 is 0 Å². The summed E-state index contributed by atoms with van der Waals surface area (Å²) in [6.07, 6.45) is 1.55. The van der Waals surface area contributed by atoms with Gasteiger partial charge in [0.1, 0.15) is 11.5 Å². The highest BCUT2D eigenvalue weighted by Crippen LogP contribution is 2.34. The third-order valence-corrected chi connectivity index (χ3v) is 3.56. The number of fused-ring (bicyclic) bond motifs is 1. The van der Waals surface area contributed by atoms with Gasteiger partial charge in [0.15, 0.2) is 11.6 Å². The monoisotopic (exact) mass is 358 g/mol. The number of ether oxygens (including phenoxy) is 2. The van der Waals surface area contributed by atoms with E-state index in [0.29, 0.717) is 22.4 Å². The smallest absolute Gasteiger partial charge is 0.272 e. The average Bonchev–Trinajstić information content (AvgIpc) is 2.64. The third kappa shape index (κ3) is 3.88. The summed E-state index contributed by atoms with van der Waals surface area (Å²) in [7, 11) is 1.56. The van der Waals surface area contributed by atoms with Gasteiger partial charge in [0.25, 0.3) is 5.69 Å². The Bertz CT molecular complexity index is 944. The van der Waals surface area contributed by atoms with Crippen molar-refractivity contribution in [2.24, 2.45) is 0 Å². The Morgan fingerprint density at radius 3 is 2.42 bits per heavy atom. The Morgan fingerprint density at radius 2 is 1.81 bits per heavy atom. The second kappa shape index (κ2) is 8.24. The van der Waals surface area contributed by atoms with Gasteiger partial charge in [-0.1, -0.05) is 13.8 Å². The summed E-state index contributed by atoms with van der Waals surface area (Å²) >= 11 is 0. The molecule has 0 aliphatic heterocycles. The predicted molar refractivity (Wildman–Crippen MR) is 97.5 cm³/mol. The largest absolute Gasteiger partial charge is 0.496 e. The molecule has 0 fully saturated rings. The number of halogens is 1. The van der Waals surface area contributed by atoms with Crippen molar-refractivity contribution in [1.29, 1.82) is 0 Å². The Balaban J connectivity index is 0.00000117. The van der Waals surface area contributed by atoms with Gasteiger partial charge in [-0.2, -0.15) is 0 Å². The minimum Gasteiger partial charge on any atom is -0.496 e. The molecule has 0 radical (unpaired) electrons. The first-order valence-corrected chi connectivity index (χ1v) is 8.04. The maximum absolute atomic E-state index is 14.0. The van der Waals surface area contributed by atoms with E-state index in [1.165, 1.54) is 12.1 Å². The molecule has 1 aromatic heterocycles. The van der Waals surface area contributed by atoms with Crippen LogP contribution in [-0.2, 0) is 0 Å². The molecular formula is C19H19FN2O4. The lowest BCUT2D eigenvalue weighted by Crippen LogP contribution is -1.94. The number of aryl methyl sites for hydroxylation is 1. The fourth-order valence-electron chi connectivity index (χ4n) is 2.37. The first-order valence-electron chi connectivity index (χ1n) is 8.04. The van der Waals surface area contributed by atoms with Gasteiger partial charge in [-0.05, 0) is 36.8 Å². The minimum atomic E-state index is -0.812. The number of hydrogen-bond acceptors (Lipinski definition) is 5. The summed E-state index contributed by atoms with van der Waals surface area (Å²) in [5, 5.41) is 11.3. The molecule has 0 amide bonds. The lowest BCUT2D eigenvalue weighted by molar-refractivity contribution is -0.385. The lowest BCUT2D eigenvalue weighted by Gasteiger charge is -2.11. The molecule has 0 saturated heterocycles. The summed E-state index contributed by atoms with van der Waals surface area (Å²) in [6, 6.07) is 8.43. The van der Waals surface area contributed by atoms with E-state index in [4.69, 9.17) is 9.47 Å². The zero-order valence-electron chi connectivity index (χ0n) is 14.9. The van der Waals surface area contributed by atoms with Crippen LogP contribution >= 0.6 is 0 Å². The van der Waals surface area contributed by atoms with Crippen LogP contribution in [0.3, 0.4) is 0 Å². The van der Waals surface area contributed by atoms with Crippen molar-refractivity contribution in [2.75, 3.05) is 7.11 Å². The van der Waals surface area contributed by atoms with Crippen molar-refractivity contribution in [1.82, 2.24) is 4.98 Å². The summed E-state index contributed by atoms with van der Waals surface area (Å²) in [5.74, 6) is 0.122. The summed E-state index contributed by atoms with van der Waals surface area (Å²) in [5.41, 5.74) is 1.25. The van der Waals surface area contributed by atoms with Gasteiger partial charge in [0.2, 0.25) is 0 Å². The normalized spacial score (nSPS) is 10.0. The summed E-state index contributed by atoms with van der Waals surface area (Å²) in [4.78, 5) is 14.3. The number of pyridine rings is 1. The number of rotatable bonds is 4. The molecule has 0 N–H and O–H groups in total. The van der Waals surface area contributed by atoms with Crippen LogP contribution in [-0.4, -0.2) is 17.0 Å². The van der Waals surface area contributed by atoms with Crippen LogP contribution in [0.1, 0.15) is 19.4 Å². The molecule has 0 spiro atoms. The topological polar surface area (TPSA) is 74.5 Å². The quantitative estimate of drug-likeness (QED) is 0.460. The van der Waals surface area contributed by atoms with Crippen LogP contribution in [0.2, 0.25) is 0 Å². The van der Waals surface area contributed by atoms with E-state index in [0.717, 1.165) is 11.6 Å². The Labute approximate surface area is 150 Å². The number of nitro benzene ring substituents is 1. The predicted octanol–water partition coefficient (Wildman–Crippen LogP) is 5.42. The first-order chi connectivity index (χ1) is 12.5. The van der Waals surface area contributed by atoms with Crippen molar-refractivity contribution in [2.45, 2.75) is 20.8 Å². The van der Waals surface area contributed by atoms with E-state index in [-0.39, 0.29) is 11.4 Å². The van der Waals surface area contributed by atoms with Crippen LogP contribution in [0.5, 0.6) is 17.2 Å². The van der Waals surface area contributed by atoms with Crippen molar-refractivity contribution in [3.63, 3.8) is 0 Å². The second-order valence-electron chi connectivity index (χ2n) is 5.12. The Hall–Kier alpha value is -3.22. The molecular weight excluding hydrogens is 339 g/mol. The molecule has 0 bridgehead atoms.